The fraction of sp³-hybridized carbons (Fsp3) is 0.383. The van der Waals surface area contributed by atoms with E-state index < -0.39 is 41.7 Å². The Labute approximate surface area is 443 Å². The number of rotatable bonds is 26. The Hall–Kier alpha value is -7.24. The fourth-order valence-corrected chi connectivity index (χ4v) is 10.7. The van der Waals surface area contributed by atoms with Crippen LogP contribution >= 0.6 is 0 Å². The molecule has 0 unspecified atom stereocenters. The minimum atomic E-state index is -1.66. The molecule has 0 aromatic heterocycles. The number of unbranched alkanes of at least 4 members (excludes halogenated alkanes) is 2. The summed E-state index contributed by atoms with van der Waals surface area (Å²) in [7, 11) is 3.03. The van der Waals surface area contributed by atoms with Crippen molar-refractivity contribution in [3.8, 4) is 23.0 Å². The van der Waals surface area contributed by atoms with E-state index >= 15 is 4.79 Å². The number of oxime groups is 1. The molecule has 5 aromatic carbocycles. The van der Waals surface area contributed by atoms with Crippen LogP contribution in [-0.4, -0.2) is 92.1 Å². The number of carbonyl (C=O) groups is 2. The van der Waals surface area contributed by atoms with Gasteiger partial charge in [0.15, 0.2) is 0 Å². The molecule has 0 saturated heterocycles. The highest BCUT2D eigenvalue weighted by molar-refractivity contribution is 6.03. The highest BCUT2D eigenvalue weighted by Crippen LogP contribution is 2.62. The number of hydrogen-bond acceptors (Lipinski definition) is 13. The lowest BCUT2D eigenvalue weighted by Gasteiger charge is -2.59. The molecular formula is C60H68FN3O12. The molecule has 15 nitrogen and oxygen atoms in total. The molecule has 5 aromatic rings. The van der Waals surface area contributed by atoms with Gasteiger partial charge in [-0.15, -0.1) is 6.58 Å². The Kier molecular flexibility index (Phi) is 19.5. The average Bonchev–Trinajstić information content (AvgIpc) is 3.54. The van der Waals surface area contributed by atoms with Crippen LogP contribution in [0.1, 0.15) is 73.1 Å². The second kappa shape index (κ2) is 27.0. The van der Waals surface area contributed by atoms with E-state index in [0.717, 1.165) is 28.7 Å². The standard InChI is InChI=1S/C60H68FN3O12/c1-4-31-73-60-55(64(38-41-21-23-45(61)24-22-41)59(68)72-33-32-71-39-42-15-7-5-8-16-42)37-52(63-74-40-43-17-9-6-10-18-43)49-34-44(19-11-13-29-65)48(20-12-14-30-66)56(57(49)60)50-35-47(26-28-53(50)76-60)75-58(67)62-51-27-25-46(69-2)36-54(51)70-3/h4-10,15-18,21-28,34-36,44,48,55-57,65-66H,1,11-14,19-20,29-33,37-40H2,2-3H3,(H,62,67)/t44-,48+,55-,56+,57+,60+/m0/s1. The highest BCUT2D eigenvalue weighted by atomic mass is 19.1. The van der Waals surface area contributed by atoms with E-state index in [9.17, 15) is 19.4 Å². The lowest BCUT2D eigenvalue weighted by molar-refractivity contribution is -0.256. The normalized spacial score (nSPS) is 20.7. The number of amides is 2. The predicted octanol–water partition coefficient (Wildman–Crippen LogP) is 11.1. The quantitative estimate of drug-likeness (QED) is 0.0272. The van der Waals surface area contributed by atoms with E-state index in [1.807, 2.05) is 66.7 Å². The van der Waals surface area contributed by atoms with Crippen molar-refractivity contribution >= 4 is 23.6 Å². The van der Waals surface area contributed by atoms with Crippen LogP contribution in [0.3, 0.4) is 0 Å². The molecule has 2 aliphatic carbocycles. The second-order valence-electron chi connectivity index (χ2n) is 19.0. The van der Waals surface area contributed by atoms with Crippen molar-refractivity contribution in [2.75, 3.05) is 52.6 Å². The number of carbonyl (C=O) groups excluding carboxylic acids is 2. The van der Waals surface area contributed by atoms with Crippen molar-refractivity contribution < 1.29 is 62.2 Å². The van der Waals surface area contributed by atoms with Crippen LogP contribution in [0, 0.1) is 23.6 Å². The molecule has 3 N–H and O–H groups in total. The van der Waals surface area contributed by atoms with Gasteiger partial charge in [-0.25, -0.2) is 14.0 Å². The number of ether oxygens (including phenoxy) is 7. The predicted molar refractivity (Wildman–Crippen MR) is 285 cm³/mol. The van der Waals surface area contributed by atoms with Gasteiger partial charge in [-0.2, -0.15) is 0 Å². The van der Waals surface area contributed by atoms with E-state index in [1.165, 1.54) is 26.4 Å². The maximum Gasteiger partial charge on any atom is 0.417 e. The molecule has 6 atom stereocenters. The van der Waals surface area contributed by atoms with Gasteiger partial charge in [-0.05, 0) is 102 Å². The first-order valence-electron chi connectivity index (χ1n) is 25.9. The molecule has 1 fully saturated rings. The largest absolute Gasteiger partial charge is 0.497 e. The smallest absolute Gasteiger partial charge is 0.417 e. The third-order valence-corrected chi connectivity index (χ3v) is 14.2. The number of anilines is 1. The summed E-state index contributed by atoms with van der Waals surface area (Å²) < 4.78 is 58.0. The van der Waals surface area contributed by atoms with E-state index in [0.29, 0.717) is 72.9 Å². The molecule has 0 radical (unpaired) electrons. The minimum Gasteiger partial charge on any atom is -0.497 e. The Morgan fingerprint density at radius 2 is 1.54 bits per heavy atom. The number of aliphatic hydroxyl groups is 2. The summed E-state index contributed by atoms with van der Waals surface area (Å²) in [5.74, 6) is -1.86. The van der Waals surface area contributed by atoms with Gasteiger partial charge in [-0.1, -0.05) is 103 Å². The maximum absolute atomic E-state index is 15.1. The van der Waals surface area contributed by atoms with Gasteiger partial charge < -0.3 is 48.2 Å². The molecule has 3 aliphatic rings. The van der Waals surface area contributed by atoms with E-state index in [2.05, 4.69) is 18.0 Å². The average molecular weight is 1040 g/mol. The zero-order valence-electron chi connectivity index (χ0n) is 43.2. The molecule has 76 heavy (non-hydrogen) atoms. The number of nitrogens with zero attached hydrogens (tertiary/aromatic N) is 2. The molecule has 16 heteroatoms. The molecule has 402 valence electrons. The fourth-order valence-electron chi connectivity index (χ4n) is 10.7. The van der Waals surface area contributed by atoms with Crippen molar-refractivity contribution in [2.45, 2.75) is 82.5 Å². The van der Waals surface area contributed by atoms with Crippen molar-refractivity contribution in [1.29, 1.82) is 0 Å². The Morgan fingerprint density at radius 3 is 2.24 bits per heavy atom. The van der Waals surface area contributed by atoms with Crippen LogP contribution in [0.4, 0.5) is 19.7 Å². The Morgan fingerprint density at radius 1 is 0.829 bits per heavy atom. The molecule has 1 heterocycles. The SMILES string of the molecule is C=CCO[C@@]12Oc3ccc(OC(=O)Nc4ccc(OC)cc4OC)cc3[C@H]3[C@H](CCCCO)[C@@H](CCCCO)C=C(C(=NOCc4ccccc4)C[C@@H]1N(Cc1ccc(F)cc1)C(=O)OCCOCc1ccccc1)[C@H]32. The summed E-state index contributed by atoms with van der Waals surface area (Å²) in [6.07, 6.45) is 6.44. The van der Waals surface area contributed by atoms with Gasteiger partial charge in [0.05, 0.1) is 51.4 Å². The lowest BCUT2D eigenvalue weighted by Crippen LogP contribution is -2.70. The van der Waals surface area contributed by atoms with Gasteiger partial charge in [0, 0.05) is 43.7 Å². The number of hydrogen-bond donors (Lipinski definition) is 3. The summed E-state index contributed by atoms with van der Waals surface area (Å²) in [5.41, 5.74) is 4.95. The number of aliphatic hydroxyl groups excluding tert-OH is 2. The summed E-state index contributed by atoms with van der Waals surface area (Å²) in [5, 5.41) is 27.9. The third kappa shape index (κ3) is 13.4. The third-order valence-electron chi connectivity index (χ3n) is 14.2. The van der Waals surface area contributed by atoms with Gasteiger partial charge >= 0.3 is 12.2 Å². The molecule has 0 bridgehead atoms. The van der Waals surface area contributed by atoms with Gasteiger partial charge in [0.2, 0.25) is 5.79 Å². The zero-order valence-corrected chi connectivity index (χ0v) is 43.2. The first-order valence-corrected chi connectivity index (χ1v) is 25.9. The lowest BCUT2D eigenvalue weighted by atomic mass is 9.55. The van der Waals surface area contributed by atoms with Crippen molar-refractivity contribution in [2.24, 2.45) is 22.9 Å². The van der Waals surface area contributed by atoms with Crippen LogP contribution < -0.4 is 24.3 Å². The van der Waals surface area contributed by atoms with Crippen LogP contribution in [-0.2, 0) is 38.8 Å². The highest BCUT2D eigenvalue weighted by Gasteiger charge is 2.66. The Balaban J connectivity index is 1.26. The van der Waals surface area contributed by atoms with Crippen LogP contribution in [0.15, 0.2) is 151 Å². The van der Waals surface area contributed by atoms with Crippen LogP contribution in [0.5, 0.6) is 23.0 Å². The number of allylic oxidation sites excluding steroid dienone is 1. The number of halogens is 1. The summed E-state index contributed by atoms with van der Waals surface area (Å²) in [6, 6.07) is 34.6. The van der Waals surface area contributed by atoms with E-state index in [4.69, 9.17) is 43.2 Å². The first-order chi connectivity index (χ1) is 37.2. The summed E-state index contributed by atoms with van der Waals surface area (Å²) in [6.45, 7) is 4.57. The monoisotopic (exact) mass is 1040 g/mol. The molecule has 2 amide bonds. The van der Waals surface area contributed by atoms with Gasteiger partial charge in [0.25, 0.3) is 0 Å². The maximum atomic E-state index is 15.1. The molecular weight excluding hydrogens is 974 g/mol. The minimum absolute atomic E-state index is 0.00459. The second-order valence-corrected chi connectivity index (χ2v) is 19.0. The number of benzene rings is 5. The van der Waals surface area contributed by atoms with Crippen LogP contribution in [0.25, 0.3) is 0 Å². The van der Waals surface area contributed by atoms with Crippen LogP contribution in [0.2, 0.25) is 0 Å². The number of nitrogens with one attached hydrogen (secondary N) is 1. The van der Waals surface area contributed by atoms with Crippen molar-refractivity contribution in [3.63, 3.8) is 0 Å². The number of fused-ring (bicyclic) bond motifs is 2. The summed E-state index contributed by atoms with van der Waals surface area (Å²) >= 11 is 0. The first kappa shape index (κ1) is 55.0. The van der Waals surface area contributed by atoms with Crippen molar-refractivity contribution in [1.82, 2.24) is 4.90 Å². The van der Waals surface area contributed by atoms with E-state index in [-0.39, 0.29) is 70.2 Å². The molecule has 8 rings (SSSR count). The zero-order chi connectivity index (χ0) is 53.3. The molecule has 0 spiro atoms. The topological polar surface area (TPSA) is 176 Å². The molecule has 1 aliphatic heterocycles. The van der Waals surface area contributed by atoms with Crippen molar-refractivity contribution in [3.05, 3.63) is 174 Å². The molecule has 1 saturated carbocycles. The van der Waals surface area contributed by atoms with Gasteiger partial charge in [-0.3, -0.25) is 10.2 Å². The Bertz CT molecular complexity index is 2760. The van der Waals surface area contributed by atoms with E-state index in [1.54, 1.807) is 53.4 Å². The number of methoxy groups -OCH3 is 2. The summed E-state index contributed by atoms with van der Waals surface area (Å²) in [4.78, 5) is 36.7. The van der Waals surface area contributed by atoms with Gasteiger partial charge in [0.1, 0.15) is 48.1 Å².